The van der Waals surface area contributed by atoms with Crippen LogP contribution in [0.5, 0.6) is 0 Å². The van der Waals surface area contributed by atoms with E-state index in [0.29, 0.717) is 16.3 Å². The monoisotopic (exact) mass is 459 g/mol. The first-order valence-electron chi connectivity index (χ1n) is 9.03. The van der Waals surface area contributed by atoms with E-state index in [1.54, 1.807) is 36.4 Å². The second kappa shape index (κ2) is 8.01. The highest BCUT2D eigenvalue weighted by Gasteiger charge is 2.47. The second-order valence-electron chi connectivity index (χ2n) is 6.64. The van der Waals surface area contributed by atoms with Crippen LogP contribution in [0.4, 0.5) is 18.9 Å². The van der Waals surface area contributed by atoms with Crippen molar-refractivity contribution in [2.24, 2.45) is 5.10 Å². The molecule has 3 aromatic rings. The molecule has 0 saturated heterocycles. The first kappa shape index (κ1) is 21.4. The third-order valence-corrected chi connectivity index (χ3v) is 4.86. The number of carboxylic acid groups (broad SMARTS) is 1. The number of anilines is 1. The van der Waals surface area contributed by atoms with Crippen molar-refractivity contribution in [3.05, 3.63) is 82.6 Å². The van der Waals surface area contributed by atoms with Crippen LogP contribution in [0.3, 0.4) is 0 Å². The zero-order valence-electron chi connectivity index (χ0n) is 15.9. The Morgan fingerprint density at radius 2 is 1.81 bits per heavy atom. The summed E-state index contributed by atoms with van der Waals surface area (Å²) in [6, 6.07) is 15.1. The van der Waals surface area contributed by atoms with E-state index in [2.05, 4.69) is 5.10 Å². The Labute approximate surface area is 183 Å². The highest BCUT2D eigenvalue weighted by molar-refractivity contribution is 6.35. The predicted molar refractivity (Wildman–Crippen MR) is 109 cm³/mol. The third kappa shape index (κ3) is 4.02. The zero-order valence-corrected chi connectivity index (χ0v) is 16.6. The van der Waals surface area contributed by atoms with Gasteiger partial charge in [0.15, 0.2) is 5.71 Å². The molecule has 1 amide bonds. The number of benzene rings is 2. The Morgan fingerprint density at radius 1 is 1.09 bits per heavy atom. The molecule has 2 heterocycles. The number of carbonyl (C=O) groups excluding carboxylic acids is 2. The predicted octanol–water partition coefficient (Wildman–Crippen LogP) is 4.31. The van der Waals surface area contributed by atoms with Gasteiger partial charge in [0.05, 0.1) is 17.2 Å². The summed E-state index contributed by atoms with van der Waals surface area (Å²) in [5.41, 5.74) is -2.19. The van der Waals surface area contributed by atoms with Gasteiger partial charge in [0.1, 0.15) is 11.5 Å². The summed E-state index contributed by atoms with van der Waals surface area (Å²) in [6.45, 7) is 0. The molecule has 2 aromatic carbocycles. The Balaban J connectivity index is 1.74. The van der Waals surface area contributed by atoms with Gasteiger partial charge < -0.3 is 14.3 Å². The van der Waals surface area contributed by atoms with Gasteiger partial charge in [0.25, 0.3) is 5.91 Å². The Hall–Kier alpha value is -3.85. The van der Waals surface area contributed by atoms with E-state index in [1.165, 1.54) is 12.1 Å². The van der Waals surface area contributed by atoms with Crippen LogP contribution in [0, 0.1) is 0 Å². The maximum absolute atomic E-state index is 13.6. The van der Waals surface area contributed by atoms with Gasteiger partial charge in [-0.15, -0.1) is 0 Å². The first-order chi connectivity index (χ1) is 15.1. The highest BCUT2D eigenvalue weighted by Crippen LogP contribution is 2.34. The summed E-state index contributed by atoms with van der Waals surface area (Å²) in [5, 5.41) is 14.8. The average molecular weight is 460 g/mol. The average Bonchev–Trinajstić information content (AvgIpc) is 3.34. The number of alkyl halides is 3. The van der Waals surface area contributed by atoms with Crippen molar-refractivity contribution in [1.82, 2.24) is 0 Å². The molecule has 0 saturated carbocycles. The molecule has 0 unspecified atom stereocenters. The molecule has 1 aliphatic rings. The van der Waals surface area contributed by atoms with E-state index in [1.807, 2.05) is 0 Å². The summed E-state index contributed by atoms with van der Waals surface area (Å²) < 4.78 is 46.4. The van der Waals surface area contributed by atoms with Crippen LogP contribution in [0.15, 0.2) is 75.8 Å². The molecule has 0 radical (unpaired) electrons. The van der Waals surface area contributed by atoms with Crippen molar-refractivity contribution in [3.63, 3.8) is 0 Å². The SMILES string of the molecule is O=C([O-])c1cc(N2N=C(C(F)(F)F)/C(=C/c3ccc(-c4ccccc4)o3)C2=O)ccc1Cl. The molecule has 32 heavy (non-hydrogen) atoms. The summed E-state index contributed by atoms with van der Waals surface area (Å²) >= 11 is 5.76. The standard InChI is InChI=1S/C22H12ClF3N2O4/c23-17-8-6-13(10-15(17)21(30)31)28-20(29)16(19(27-28)22(24,25)26)11-14-7-9-18(32-14)12-4-2-1-3-5-12/h1-11H,(H,30,31)/p-1/b16-11-. The number of carbonyl (C=O) groups is 2. The van der Waals surface area contributed by atoms with Crippen LogP contribution >= 0.6 is 11.6 Å². The summed E-state index contributed by atoms with van der Waals surface area (Å²) in [4.78, 5) is 24.0. The van der Waals surface area contributed by atoms with E-state index in [0.717, 1.165) is 18.2 Å². The highest BCUT2D eigenvalue weighted by atomic mass is 35.5. The molecule has 4 rings (SSSR count). The molecule has 1 aromatic heterocycles. The number of hydrogen-bond acceptors (Lipinski definition) is 5. The van der Waals surface area contributed by atoms with Crippen LogP contribution in [0.1, 0.15) is 16.1 Å². The fraction of sp³-hybridized carbons (Fsp3) is 0.0455. The Morgan fingerprint density at radius 3 is 2.47 bits per heavy atom. The lowest BCUT2D eigenvalue weighted by molar-refractivity contribution is -0.255. The van der Waals surface area contributed by atoms with Crippen molar-refractivity contribution < 1.29 is 32.3 Å². The first-order valence-corrected chi connectivity index (χ1v) is 9.41. The van der Waals surface area contributed by atoms with Gasteiger partial charge in [-0.2, -0.15) is 23.3 Å². The number of halogens is 4. The topological polar surface area (TPSA) is 85.9 Å². The Kier molecular flexibility index (Phi) is 5.35. The van der Waals surface area contributed by atoms with E-state index in [9.17, 15) is 27.9 Å². The third-order valence-electron chi connectivity index (χ3n) is 4.53. The van der Waals surface area contributed by atoms with Gasteiger partial charge in [-0.3, -0.25) is 4.79 Å². The largest absolute Gasteiger partial charge is 0.545 e. The van der Waals surface area contributed by atoms with Gasteiger partial charge in [0, 0.05) is 16.1 Å². The van der Waals surface area contributed by atoms with Crippen LogP contribution in [-0.2, 0) is 4.79 Å². The fourth-order valence-corrected chi connectivity index (χ4v) is 3.26. The van der Waals surface area contributed by atoms with Crippen LogP contribution in [-0.4, -0.2) is 23.8 Å². The van der Waals surface area contributed by atoms with Gasteiger partial charge in [0.2, 0.25) is 0 Å². The normalized spacial score (nSPS) is 15.4. The number of hydrogen-bond donors (Lipinski definition) is 0. The van der Waals surface area contributed by atoms with E-state index in [4.69, 9.17) is 16.0 Å². The molecule has 0 N–H and O–H groups in total. The molecule has 1 aliphatic heterocycles. The van der Waals surface area contributed by atoms with E-state index in [-0.39, 0.29) is 16.5 Å². The lowest BCUT2D eigenvalue weighted by Crippen LogP contribution is -2.26. The number of carboxylic acids is 1. The Bertz CT molecular complexity index is 1280. The molecule has 0 bridgehead atoms. The minimum atomic E-state index is -4.95. The maximum Gasteiger partial charge on any atom is 0.435 e. The quantitative estimate of drug-likeness (QED) is 0.544. The minimum absolute atomic E-state index is 0.0116. The molecular weight excluding hydrogens is 449 g/mol. The smallest absolute Gasteiger partial charge is 0.435 e. The van der Waals surface area contributed by atoms with Gasteiger partial charge in [-0.1, -0.05) is 41.9 Å². The van der Waals surface area contributed by atoms with Crippen molar-refractivity contribution >= 4 is 41.0 Å². The molecule has 10 heteroatoms. The van der Waals surface area contributed by atoms with E-state index >= 15 is 0 Å². The minimum Gasteiger partial charge on any atom is -0.545 e. The van der Waals surface area contributed by atoms with Crippen LogP contribution < -0.4 is 10.1 Å². The maximum atomic E-state index is 13.6. The number of amides is 1. The number of hydrazone groups is 1. The van der Waals surface area contributed by atoms with Crippen molar-refractivity contribution in [3.8, 4) is 11.3 Å². The molecule has 0 aliphatic carbocycles. The molecule has 0 spiro atoms. The van der Waals surface area contributed by atoms with Crippen molar-refractivity contribution in [1.29, 1.82) is 0 Å². The van der Waals surface area contributed by atoms with Crippen LogP contribution in [0.2, 0.25) is 5.02 Å². The van der Waals surface area contributed by atoms with Crippen LogP contribution in [0.25, 0.3) is 17.4 Å². The number of nitrogens with zero attached hydrogens (tertiary/aromatic N) is 2. The lowest BCUT2D eigenvalue weighted by atomic mass is 10.1. The molecule has 0 atom stereocenters. The summed E-state index contributed by atoms with van der Waals surface area (Å²) in [7, 11) is 0. The molecular formula is C22H11ClF3N2O4-. The molecule has 162 valence electrons. The van der Waals surface area contributed by atoms with Crippen molar-refractivity contribution in [2.45, 2.75) is 6.18 Å². The summed E-state index contributed by atoms with van der Waals surface area (Å²) in [5.74, 6) is -2.34. The zero-order chi connectivity index (χ0) is 23.0. The molecule has 6 nitrogen and oxygen atoms in total. The second-order valence-corrected chi connectivity index (χ2v) is 7.05. The number of aromatic carboxylic acids is 1. The summed E-state index contributed by atoms with van der Waals surface area (Å²) in [6.07, 6.45) is -4.01. The molecule has 0 fully saturated rings. The van der Waals surface area contributed by atoms with Gasteiger partial charge in [-0.25, -0.2) is 0 Å². The van der Waals surface area contributed by atoms with Gasteiger partial charge >= 0.3 is 6.18 Å². The lowest BCUT2D eigenvalue weighted by Gasteiger charge is -2.14. The van der Waals surface area contributed by atoms with Crippen molar-refractivity contribution in [2.75, 3.05) is 5.01 Å². The van der Waals surface area contributed by atoms with E-state index < -0.39 is 34.9 Å². The number of rotatable bonds is 4. The van der Waals surface area contributed by atoms with Gasteiger partial charge in [-0.05, 0) is 36.4 Å². The fourth-order valence-electron chi connectivity index (χ4n) is 3.06. The number of furan rings is 1.